The fraction of sp³-hybridized carbons (Fsp3) is 0.300. The highest BCUT2D eigenvalue weighted by molar-refractivity contribution is 5.89. The van der Waals surface area contributed by atoms with Gasteiger partial charge in [0.1, 0.15) is 0 Å². The Balaban J connectivity index is 0. The Kier molecular flexibility index (Phi) is 12.1. The standard InChI is InChI=1S/C6H10O3.C4H4O4/c1-2-6(8)9-5-3-4-7;5-3(6)1-2-4(7)8/h2,7H,1,3-5H2;1-2H,(H,5,6)(H,7,8)/b;2-1-. The second-order valence-electron chi connectivity index (χ2n) is 2.46. The number of carboxylic acids is 2. The normalized spacial score (nSPS) is 9.00. The van der Waals surface area contributed by atoms with Crippen molar-refractivity contribution in [1.82, 2.24) is 0 Å². The molecule has 17 heavy (non-hydrogen) atoms. The zero-order valence-corrected chi connectivity index (χ0v) is 9.04. The van der Waals surface area contributed by atoms with E-state index in [1.807, 2.05) is 0 Å². The Morgan fingerprint density at radius 1 is 1.12 bits per heavy atom. The quantitative estimate of drug-likeness (QED) is 0.337. The van der Waals surface area contributed by atoms with Gasteiger partial charge in [-0.15, -0.1) is 0 Å². The number of rotatable bonds is 6. The highest BCUT2D eigenvalue weighted by Gasteiger charge is 1.91. The van der Waals surface area contributed by atoms with Gasteiger partial charge >= 0.3 is 17.9 Å². The number of aliphatic hydroxyl groups excluding tert-OH is 1. The van der Waals surface area contributed by atoms with E-state index in [0.29, 0.717) is 18.6 Å². The molecule has 0 atom stereocenters. The van der Waals surface area contributed by atoms with Gasteiger partial charge in [0, 0.05) is 31.3 Å². The summed E-state index contributed by atoms with van der Waals surface area (Å²) < 4.78 is 4.51. The fourth-order valence-corrected chi connectivity index (χ4v) is 0.439. The molecule has 0 spiro atoms. The lowest BCUT2D eigenvalue weighted by Crippen LogP contribution is -2.02. The molecule has 3 N–H and O–H groups in total. The van der Waals surface area contributed by atoms with E-state index in [1.165, 1.54) is 0 Å². The van der Waals surface area contributed by atoms with E-state index in [2.05, 4.69) is 11.3 Å². The lowest BCUT2D eigenvalue weighted by atomic mass is 10.5. The molecule has 0 fully saturated rings. The molecule has 0 aliphatic carbocycles. The summed E-state index contributed by atoms with van der Waals surface area (Å²) in [6.07, 6.45) is 2.70. The second kappa shape index (κ2) is 11.9. The van der Waals surface area contributed by atoms with Crippen molar-refractivity contribution >= 4 is 17.9 Å². The molecule has 0 heterocycles. The number of carboxylic acid groups (broad SMARTS) is 2. The van der Waals surface area contributed by atoms with Crippen LogP contribution in [0, 0.1) is 0 Å². The topological polar surface area (TPSA) is 121 Å². The predicted octanol–water partition coefficient (Wildman–Crippen LogP) is -0.190. The third-order valence-electron chi connectivity index (χ3n) is 1.08. The van der Waals surface area contributed by atoms with Gasteiger partial charge in [0.2, 0.25) is 0 Å². The summed E-state index contributed by atoms with van der Waals surface area (Å²) in [6, 6.07) is 0. The van der Waals surface area contributed by atoms with Crippen molar-refractivity contribution in [3.8, 4) is 0 Å². The number of carbonyl (C=O) groups excluding carboxylic acids is 1. The highest BCUT2D eigenvalue weighted by atomic mass is 16.5. The second-order valence-corrected chi connectivity index (χ2v) is 2.46. The number of aliphatic hydroxyl groups is 1. The first-order valence-corrected chi connectivity index (χ1v) is 4.48. The molecule has 7 heteroatoms. The smallest absolute Gasteiger partial charge is 0.330 e. The number of ether oxygens (including phenoxy) is 1. The summed E-state index contributed by atoms with van der Waals surface area (Å²) in [5.74, 6) is -2.96. The largest absolute Gasteiger partial charge is 0.478 e. The lowest BCUT2D eigenvalue weighted by Gasteiger charge is -1.96. The van der Waals surface area contributed by atoms with E-state index in [-0.39, 0.29) is 13.2 Å². The number of hydrogen-bond donors (Lipinski definition) is 3. The maximum Gasteiger partial charge on any atom is 0.330 e. The van der Waals surface area contributed by atoms with Gasteiger partial charge in [-0.1, -0.05) is 6.58 Å². The zero-order valence-electron chi connectivity index (χ0n) is 9.04. The monoisotopic (exact) mass is 246 g/mol. The van der Waals surface area contributed by atoms with E-state index in [4.69, 9.17) is 15.3 Å². The Bertz CT molecular complexity index is 277. The van der Waals surface area contributed by atoms with Gasteiger partial charge in [-0.2, -0.15) is 0 Å². The minimum absolute atomic E-state index is 0.0461. The van der Waals surface area contributed by atoms with E-state index < -0.39 is 17.9 Å². The van der Waals surface area contributed by atoms with Gasteiger partial charge in [-0.3, -0.25) is 0 Å². The van der Waals surface area contributed by atoms with Crippen LogP contribution in [0.5, 0.6) is 0 Å². The SMILES string of the molecule is C=CC(=O)OCCCO.O=C(O)/C=C\C(=O)O. The molecular weight excluding hydrogens is 232 g/mol. The first-order chi connectivity index (χ1) is 7.93. The van der Waals surface area contributed by atoms with Crippen LogP contribution in [-0.4, -0.2) is 46.4 Å². The van der Waals surface area contributed by atoms with Gasteiger partial charge < -0.3 is 20.1 Å². The van der Waals surface area contributed by atoms with Crippen LogP contribution in [-0.2, 0) is 19.1 Å². The minimum Gasteiger partial charge on any atom is -0.478 e. The van der Waals surface area contributed by atoms with Gasteiger partial charge in [-0.25, -0.2) is 14.4 Å². The number of aliphatic carboxylic acids is 2. The molecule has 0 saturated heterocycles. The third kappa shape index (κ3) is 20.0. The summed E-state index contributed by atoms with van der Waals surface area (Å²) in [7, 11) is 0. The Labute approximate surface area is 97.6 Å². The van der Waals surface area contributed by atoms with Crippen molar-refractivity contribution in [3.63, 3.8) is 0 Å². The summed E-state index contributed by atoms with van der Waals surface area (Å²) in [6.45, 7) is 3.51. The van der Waals surface area contributed by atoms with Crippen LogP contribution in [0.15, 0.2) is 24.8 Å². The van der Waals surface area contributed by atoms with E-state index in [0.717, 1.165) is 6.08 Å². The number of hydrogen-bond acceptors (Lipinski definition) is 5. The van der Waals surface area contributed by atoms with Crippen molar-refractivity contribution < 1.29 is 34.4 Å². The summed E-state index contributed by atoms with van der Waals surface area (Å²) in [5, 5.41) is 23.9. The van der Waals surface area contributed by atoms with Gasteiger partial charge in [-0.05, 0) is 0 Å². The molecule has 0 amide bonds. The van der Waals surface area contributed by atoms with Crippen LogP contribution in [0.3, 0.4) is 0 Å². The summed E-state index contributed by atoms with van der Waals surface area (Å²) in [4.78, 5) is 29.4. The van der Waals surface area contributed by atoms with Crippen molar-refractivity contribution in [2.75, 3.05) is 13.2 Å². The molecule has 0 radical (unpaired) electrons. The lowest BCUT2D eigenvalue weighted by molar-refractivity contribution is -0.138. The van der Waals surface area contributed by atoms with Gasteiger partial charge in [0.25, 0.3) is 0 Å². The molecule has 7 nitrogen and oxygen atoms in total. The number of esters is 1. The molecule has 0 unspecified atom stereocenters. The average molecular weight is 246 g/mol. The molecule has 0 aliphatic rings. The van der Waals surface area contributed by atoms with Crippen LogP contribution < -0.4 is 0 Å². The molecule has 0 aromatic heterocycles. The first-order valence-electron chi connectivity index (χ1n) is 4.48. The summed E-state index contributed by atoms with van der Waals surface area (Å²) >= 11 is 0. The average Bonchev–Trinajstić information content (AvgIpc) is 2.27. The van der Waals surface area contributed by atoms with Crippen LogP contribution in [0.2, 0.25) is 0 Å². The van der Waals surface area contributed by atoms with E-state index in [1.54, 1.807) is 0 Å². The van der Waals surface area contributed by atoms with E-state index in [9.17, 15) is 14.4 Å². The van der Waals surface area contributed by atoms with Crippen molar-refractivity contribution in [2.45, 2.75) is 6.42 Å². The van der Waals surface area contributed by atoms with E-state index >= 15 is 0 Å². The first kappa shape index (κ1) is 17.3. The minimum atomic E-state index is -1.26. The molecule has 96 valence electrons. The zero-order chi connectivity index (χ0) is 13.7. The molecule has 0 bridgehead atoms. The Hall–Kier alpha value is -2.15. The van der Waals surface area contributed by atoms with Gasteiger partial charge in [0.15, 0.2) is 0 Å². The fourth-order valence-electron chi connectivity index (χ4n) is 0.439. The molecule has 0 aliphatic heterocycles. The maximum atomic E-state index is 10.3. The van der Waals surface area contributed by atoms with Crippen LogP contribution >= 0.6 is 0 Å². The maximum absolute atomic E-state index is 10.3. The number of carbonyl (C=O) groups is 3. The highest BCUT2D eigenvalue weighted by Crippen LogP contribution is 1.82. The van der Waals surface area contributed by atoms with Crippen molar-refractivity contribution in [1.29, 1.82) is 0 Å². The van der Waals surface area contributed by atoms with Crippen LogP contribution in [0.25, 0.3) is 0 Å². The third-order valence-corrected chi connectivity index (χ3v) is 1.08. The van der Waals surface area contributed by atoms with Crippen LogP contribution in [0.1, 0.15) is 6.42 Å². The molecule has 0 aromatic carbocycles. The molecular formula is C10H14O7. The molecule has 0 rings (SSSR count). The van der Waals surface area contributed by atoms with Crippen molar-refractivity contribution in [3.05, 3.63) is 24.8 Å². The Morgan fingerprint density at radius 2 is 1.59 bits per heavy atom. The summed E-state index contributed by atoms with van der Waals surface area (Å²) in [5.41, 5.74) is 0. The molecule has 0 saturated carbocycles. The van der Waals surface area contributed by atoms with Crippen molar-refractivity contribution in [2.24, 2.45) is 0 Å². The van der Waals surface area contributed by atoms with Crippen LogP contribution in [0.4, 0.5) is 0 Å². The molecule has 0 aromatic rings. The van der Waals surface area contributed by atoms with Gasteiger partial charge in [0.05, 0.1) is 6.61 Å². The predicted molar refractivity (Wildman–Crippen MR) is 57.3 cm³/mol. The Morgan fingerprint density at radius 3 is 1.88 bits per heavy atom.